The quantitative estimate of drug-likeness (QED) is 0.0699. The summed E-state index contributed by atoms with van der Waals surface area (Å²) in [7, 11) is 0. The Morgan fingerprint density at radius 2 is 1.41 bits per heavy atom. The van der Waals surface area contributed by atoms with Crippen LogP contribution in [0.3, 0.4) is 0 Å². The lowest BCUT2D eigenvalue weighted by atomic mass is 9.81. The number of aryl methyl sites for hydroxylation is 3. The first-order valence-electron chi connectivity index (χ1n) is 17.3. The van der Waals surface area contributed by atoms with Gasteiger partial charge in [-0.05, 0) is 103 Å². The minimum atomic E-state index is -0.542. The average molecular weight is 629 g/mol. The van der Waals surface area contributed by atoms with Crippen LogP contribution in [0.25, 0.3) is 22.3 Å². The van der Waals surface area contributed by atoms with Crippen molar-refractivity contribution in [2.45, 2.75) is 98.3 Å². The molecule has 3 aromatic carbocycles. The second kappa shape index (κ2) is 19.3. The molecule has 46 heavy (non-hydrogen) atoms. The Labute approximate surface area is 277 Å². The summed E-state index contributed by atoms with van der Waals surface area (Å²) in [4.78, 5) is 11.9. The van der Waals surface area contributed by atoms with Gasteiger partial charge in [-0.15, -0.1) is 0 Å². The van der Waals surface area contributed by atoms with Gasteiger partial charge in [0.1, 0.15) is 5.75 Å². The number of carbonyl (C=O) groups excluding carboxylic acids is 1. The van der Waals surface area contributed by atoms with Crippen LogP contribution in [0.1, 0.15) is 95.8 Å². The molecule has 5 nitrogen and oxygen atoms in total. The van der Waals surface area contributed by atoms with Crippen molar-refractivity contribution in [3.8, 4) is 28.0 Å². The highest BCUT2D eigenvalue weighted by atomic mass is 16.5. The fraction of sp³-hybridized carbons (Fsp3) is 0.488. The molecule has 0 saturated heterocycles. The SMILES string of the molecule is C=C(C)C(=O)OCCCc1cc(-c2ccc(-c3ccc(CCCCC)cc3)cc2CC)ccc1OCCC(CO)(CO)CCCC. The fourth-order valence-electron chi connectivity index (χ4n) is 5.84. The van der Waals surface area contributed by atoms with Crippen LogP contribution in [-0.4, -0.2) is 42.6 Å². The molecule has 2 N–H and O–H groups in total. The van der Waals surface area contributed by atoms with Crippen LogP contribution in [0, 0.1) is 5.41 Å². The Kier molecular flexibility index (Phi) is 15.5. The molecule has 0 aliphatic heterocycles. The molecule has 0 radical (unpaired) electrons. The Balaban J connectivity index is 1.83. The van der Waals surface area contributed by atoms with Gasteiger partial charge in [0, 0.05) is 11.0 Å². The van der Waals surface area contributed by atoms with Crippen LogP contribution < -0.4 is 4.74 Å². The maximum Gasteiger partial charge on any atom is 0.333 e. The largest absolute Gasteiger partial charge is 0.493 e. The van der Waals surface area contributed by atoms with E-state index >= 15 is 0 Å². The molecule has 0 bridgehead atoms. The van der Waals surface area contributed by atoms with E-state index < -0.39 is 5.41 Å². The summed E-state index contributed by atoms with van der Waals surface area (Å²) in [6, 6.07) is 22.1. The molecule has 0 fully saturated rings. The topological polar surface area (TPSA) is 76.0 Å². The number of hydrogen-bond donors (Lipinski definition) is 2. The van der Waals surface area contributed by atoms with Crippen molar-refractivity contribution in [3.63, 3.8) is 0 Å². The van der Waals surface area contributed by atoms with Gasteiger partial charge in [0.15, 0.2) is 0 Å². The van der Waals surface area contributed by atoms with E-state index in [9.17, 15) is 15.0 Å². The van der Waals surface area contributed by atoms with Crippen LogP contribution in [0.15, 0.2) is 72.8 Å². The van der Waals surface area contributed by atoms with Gasteiger partial charge >= 0.3 is 5.97 Å². The maximum absolute atomic E-state index is 11.9. The standard InChI is InChI=1S/C41H56O5/c1-6-9-11-13-32-15-17-34(18-16-32)35-19-21-38(33(8-3)27-35)36-20-22-39(37(28-36)14-12-25-46-40(44)31(4)5)45-26-24-41(29-42,30-43)23-10-7-2/h15-22,27-28,42-43H,4,6-14,23-26,29-30H2,1-3,5H3. The molecule has 0 amide bonds. The van der Waals surface area contributed by atoms with Crippen molar-refractivity contribution in [1.82, 2.24) is 0 Å². The highest BCUT2D eigenvalue weighted by molar-refractivity contribution is 5.86. The number of ether oxygens (including phenoxy) is 2. The van der Waals surface area contributed by atoms with E-state index in [2.05, 4.69) is 81.9 Å². The van der Waals surface area contributed by atoms with E-state index in [4.69, 9.17) is 9.47 Å². The summed E-state index contributed by atoms with van der Waals surface area (Å²) in [5.41, 5.74) is 8.35. The molecule has 0 aromatic heterocycles. The average Bonchev–Trinajstić information content (AvgIpc) is 3.08. The second-order valence-electron chi connectivity index (χ2n) is 12.7. The molecule has 250 valence electrons. The Morgan fingerprint density at radius 3 is 2.07 bits per heavy atom. The number of hydrogen-bond acceptors (Lipinski definition) is 5. The summed E-state index contributed by atoms with van der Waals surface area (Å²) in [6.45, 7) is 12.4. The van der Waals surface area contributed by atoms with E-state index in [0.717, 1.165) is 49.0 Å². The first-order chi connectivity index (χ1) is 22.3. The van der Waals surface area contributed by atoms with Crippen molar-refractivity contribution < 1.29 is 24.5 Å². The smallest absolute Gasteiger partial charge is 0.333 e. The predicted molar refractivity (Wildman–Crippen MR) is 190 cm³/mol. The monoisotopic (exact) mass is 628 g/mol. The molecule has 0 heterocycles. The predicted octanol–water partition coefficient (Wildman–Crippen LogP) is 9.30. The van der Waals surface area contributed by atoms with Crippen LogP contribution in [0.2, 0.25) is 0 Å². The Bertz CT molecular complexity index is 1370. The number of esters is 1. The molecule has 0 spiro atoms. The van der Waals surface area contributed by atoms with E-state index in [1.165, 1.54) is 47.1 Å². The second-order valence-corrected chi connectivity index (χ2v) is 12.7. The number of aliphatic hydroxyl groups excluding tert-OH is 2. The van der Waals surface area contributed by atoms with Gasteiger partial charge < -0.3 is 19.7 Å². The molecule has 0 atom stereocenters. The molecule has 3 aromatic rings. The Hall–Kier alpha value is -3.41. The lowest BCUT2D eigenvalue weighted by Gasteiger charge is -2.30. The van der Waals surface area contributed by atoms with Crippen LogP contribution in [0.5, 0.6) is 5.75 Å². The summed E-state index contributed by atoms with van der Waals surface area (Å²) >= 11 is 0. The molecule has 3 rings (SSSR count). The van der Waals surface area contributed by atoms with Crippen molar-refractivity contribution >= 4 is 5.97 Å². The molecule has 5 heteroatoms. The number of aliphatic hydroxyl groups is 2. The van der Waals surface area contributed by atoms with Crippen LogP contribution in [-0.2, 0) is 28.8 Å². The summed E-state index contributed by atoms with van der Waals surface area (Å²) in [6.07, 6.45) is 10.4. The zero-order valence-corrected chi connectivity index (χ0v) is 28.7. The minimum absolute atomic E-state index is 0.0639. The van der Waals surface area contributed by atoms with E-state index in [1.807, 2.05) is 6.07 Å². The number of unbranched alkanes of at least 4 members (excludes halogenated alkanes) is 3. The van der Waals surface area contributed by atoms with Crippen LogP contribution >= 0.6 is 0 Å². The molecular formula is C41H56O5. The molecule has 0 unspecified atom stereocenters. The molecule has 0 aliphatic carbocycles. The highest BCUT2D eigenvalue weighted by Gasteiger charge is 2.28. The first kappa shape index (κ1) is 37.1. The van der Waals surface area contributed by atoms with E-state index in [-0.39, 0.29) is 19.2 Å². The molecular weight excluding hydrogens is 572 g/mol. The van der Waals surface area contributed by atoms with Crippen molar-refractivity contribution in [1.29, 1.82) is 0 Å². The van der Waals surface area contributed by atoms with Gasteiger partial charge in [0.25, 0.3) is 0 Å². The lowest BCUT2D eigenvalue weighted by molar-refractivity contribution is -0.139. The van der Waals surface area contributed by atoms with Gasteiger partial charge in [-0.1, -0.05) is 102 Å². The van der Waals surface area contributed by atoms with E-state index in [1.54, 1.807) is 6.92 Å². The third-order valence-electron chi connectivity index (χ3n) is 9.01. The Morgan fingerprint density at radius 1 is 0.739 bits per heavy atom. The number of benzene rings is 3. The van der Waals surface area contributed by atoms with Gasteiger partial charge in [-0.3, -0.25) is 0 Å². The van der Waals surface area contributed by atoms with Gasteiger partial charge in [0.05, 0.1) is 26.4 Å². The van der Waals surface area contributed by atoms with Crippen molar-refractivity contribution in [2.24, 2.45) is 5.41 Å². The number of carbonyl (C=O) groups is 1. The maximum atomic E-state index is 11.9. The third kappa shape index (κ3) is 10.8. The zero-order valence-electron chi connectivity index (χ0n) is 28.7. The summed E-state index contributed by atoms with van der Waals surface area (Å²) < 4.78 is 11.7. The lowest BCUT2D eigenvalue weighted by Crippen LogP contribution is -2.32. The minimum Gasteiger partial charge on any atom is -0.493 e. The van der Waals surface area contributed by atoms with Gasteiger partial charge in [0.2, 0.25) is 0 Å². The molecule has 0 saturated carbocycles. The van der Waals surface area contributed by atoms with Gasteiger partial charge in [-0.2, -0.15) is 0 Å². The zero-order chi connectivity index (χ0) is 33.4. The van der Waals surface area contributed by atoms with Crippen molar-refractivity contribution in [3.05, 3.63) is 89.5 Å². The van der Waals surface area contributed by atoms with E-state index in [0.29, 0.717) is 38.0 Å². The first-order valence-corrected chi connectivity index (χ1v) is 17.3. The summed E-state index contributed by atoms with van der Waals surface area (Å²) in [5.74, 6) is 0.407. The highest BCUT2D eigenvalue weighted by Crippen LogP contribution is 2.34. The number of rotatable bonds is 21. The normalized spacial score (nSPS) is 11.4. The third-order valence-corrected chi connectivity index (χ3v) is 9.01. The molecule has 0 aliphatic rings. The summed E-state index contributed by atoms with van der Waals surface area (Å²) in [5, 5.41) is 20.1. The van der Waals surface area contributed by atoms with Crippen molar-refractivity contribution in [2.75, 3.05) is 26.4 Å². The van der Waals surface area contributed by atoms with Crippen LogP contribution in [0.4, 0.5) is 0 Å². The van der Waals surface area contributed by atoms with Gasteiger partial charge in [-0.25, -0.2) is 4.79 Å². The fourth-order valence-corrected chi connectivity index (χ4v) is 5.84.